The fourth-order valence-corrected chi connectivity index (χ4v) is 2.73. The van der Waals surface area contributed by atoms with E-state index in [4.69, 9.17) is 0 Å². The summed E-state index contributed by atoms with van der Waals surface area (Å²) in [7, 11) is 0. The van der Waals surface area contributed by atoms with Crippen LogP contribution in [0.5, 0.6) is 0 Å². The molecule has 90 valence electrons. The molecule has 0 N–H and O–H groups in total. The molecule has 2 aromatic heterocycles. The maximum Gasteiger partial charge on any atom is 0.0927 e. The average molecular weight is 244 g/mol. The van der Waals surface area contributed by atoms with Gasteiger partial charge in [0.2, 0.25) is 0 Å². The summed E-state index contributed by atoms with van der Waals surface area (Å²) in [6.07, 6.45) is 1.93. The standard InChI is InChI=1S/C17H12N2/c1-11-17-16(14-8-4-5-9-15(14)19-11)13-7-3-2-6-12(13)10-18-17/h2-10H,1H3. The fourth-order valence-electron chi connectivity index (χ4n) is 2.73. The Kier molecular flexibility index (Phi) is 2.06. The van der Waals surface area contributed by atoms with Gasteiger partial charge in [0.25, 0.3) is 0 Å². The first-order valence-corrected chi connectivity index (χ1v) is 6.37. The van der Waals surface area contributed by atoms with Crippen LogP contribution in [0, 0.1) is 6.92 Å². The van der Waals surface area contributed by atoms with Gasteiger partial charge in [0, 0.05) is 22.4 Å². The molecule has 2 aromatic carbocycles. The van der Waals surface area contributed by atoms with Crippen molar-refractivity contribution in [3.05, 3.63) is 60.4 Å². The number of pyridine rings is 2. The van der Waals surface area contributed by atoms with Crippen molar-refractivity contribution < 1.29 is 0 Å². The monoisotopic (exact) mass is 244 g/mol. The van der Waals surface area contributed by atoms with Gasteiger partial charge in [0.15, 0.2) is 0 Å². The molecule has 19 heavy (non-hydrogen) atoms. The van der Waals surface area contributed by atoms with Crippen molar-refractivity contribution in [1.29, 1.82) is 0 Å². The number of benzene rings is 2. The van der Waals surface area contributed by atoms with Gasteiger partial charge in [-0.3, -0.25) is 9.97 Å². The van der Waals surface area contributed by atoms with E-state index in [2.05, 4.69) is 46.4 Å². The van der Waals surface area contributed by atoms with E-state index in [1.165, 1.54) is 21.5 Å². The summed E-state index contributed by atoms with van der Waals surface area (Å²) in [5.41, 5.74) is 3.02. The van der Waals surface area contributed by atoms with Crippen LogP contribution < -0.4 is 0 Å². The van der Waals surface area contributed by atoms with Gasteiger partial charge in [0.1, 0.15) is 0 Å². The Morgan fingerprint density at radius 2 is 1.58 bits per heavy atom. The molecule has 2 nitrogen and oxygen atoms in total. The Morgan fingerprint density at radius 3 is 2.47 bits per heavy atom. The first-order valence-electron chi connectivity index (χ1n) is 6.37. The third-order valence-electron chi connectivity index (χ3n) is 3.60. The number of rotatable bonds is 0. The Balaban J connectivity index is 2.40. The quantitative estimate of drug-likeness (QED) is 0.432. The molecule has 2 heterocycles. The highest BCUT2D eigenvalue weighted by molar-refractivity contribution is 6.18. The molecule has 0 aliphatic heterocycles. The van der Waals surface area contributed by atoms with Crippen LogP contribution in [-0.2, 0) is 0 Å². The minimum atomic E-state index is 0.986. The van der Waals surface area contributed by atoms with E-state index in [1.54, 1.807) is 0 Å². The summed E-state index contributed by atoms with van der Waals surface area (Å²) in [6.45, 7) is 2.02. The zero-order valence-electron chi connectivity index (χ0n) is 10.6. The van der Waals surface area contributed by atoms with Crippen LogP contribution in [0.1, 0.15) is 5.69 Å². The molecule has 4 rings (SSSR count). The maximum absolute atomic E-state index is 4.65. The van der Waals surface area contributed by atoms with E-state index in [0.717, 1.165) is 16.7 Å². The van der Waals surface area contributed by atoms with Crippen molar-refractivity contribution in [2.75, 3.05) is 0 Å². The number of hydrogen-bond acceptors (Lipinski definition) is 2. The first kappa shape index (κ1) is 10.4. The van der Waals surface area contributed by atoms with E-state index in [1.807, 2.05) is 25.3 Å². The molecule has 0 atom stereocenters. The minimum absolute atomic E-state index is 0.986. The summed E-state index contributed by atoms with van der Waals surface area (Å²) in [4.78, 5) is 9.24. The molecule has 0 spiro atoms. The summed E-state index contributed by atoms with van der Waals surface area (Å²) in [6, 6.07) is 16.7. The Morgan fingerprint density at radius 1 is 0.842 bits per heavy atom. The van der Waals surface area contributed by atoms with Crippen molar-refractivity contribution in [1.82, 2.24) is 9.97 Å². The normalized spacial score (nSPS) is 11.4. The zero-order chi connectivity index (χ0) is 12.8. The third kappa shape index (κ3) is 1.43. The van der Waals surface area contributed by atoms with Gasteiger partial charge >= 0.3 is 0 Å². The number of para-hydroxylation sites is 1. The molecule has 0 amide bonds. The second kappa shape index (κ2) is 3.75. The Hall–Kier alpha value is -2.48. The van der Waals surface area contributed by atoms with Crippen molar-refractivity contribution in [2.24, 2.45) is 0 Å². The van der Waals surface area contributed by atoms with Gasteiger partial charge in [-0.05, 0) is 18.4 Å². The largest absolute Gasteiger partial charge is 0.254 e. The van der Waals surface area contributed by atoms with Crippen LogP contribution in [0.15, 0.2) is 54.7 Å². The van der Waals surface area contributed by atoms with Crippen LogP contribution in [0.3, 0.4) is 0 Å². The predicted octanol–water partition coefficient (Wildman–Crippen LogP) is 4.24. The lowest BCUT2D eigenvalue weighted by Crippen LogP contribution is -1.91. The van der Waals surface area contributed by atoms with Crippen LogP contribution in [-0.4, -0.2) is 9.97 Å². The van der Waals surface area contributed by atoms with Crippen LogP contribution >= 0.6 is 0 Å². The SMILES string of the molecule is Cc1nc2ccccc2c2c1ncc1ccccc12. The Bertz CT molecular complexity index is 910. The molecule has 0 aliphatic rings. The Labute approximate surface area is 110 Å². The molecule has 0 aliphatic carbocycles. The summed E-state index contributed by atoms with van der Waals surface area (Å²) < 4.78 is 0. The predicted molar refractivity (Wildman–Crippen MR) is 79.3 cm³/mol. The van der Waals surface area contributed by atoms with E-state index >= 15 is 0 Å². The minimum Gasteiger partial charge on any atom is -0.254 e. The fraction of sp³-hybridized carbons (Fsp3) is 0.0588. The number of nitrogens with zero attached hydrogens (tertiary/aromatic N) is 2. The van der Waals surface area contributed by atoms with Crippen LogP contribution in [0.4, 0.5) is 0 Å². The molecular formula is C17H12N2. The average Bonchev–Trinajstić information content (AvgIpc) is 2.47. The number of hydrogen-bond donors (Lipinski definition) is 0. The maximum atomic E-state index is 4.65. The van der Waals surface area contributed by atoms with Gasteiger partial charge in [-0.15, -0.1) is 0 Å². The van der Waals surface area contributed by atoms with Gasteiger partial charge in [-0.25, -0.2) is 0 Å². The highest BCUT2D eigenvalue weighted by Crippen LogP contribution is 2.30. The summed E-state index contributed by atoms with van der Waals surface area (Å²) in [5, 5.41) is 4.80. The molecule has 0 fully saturated rings. The van der Waals surface area contributed by atoms with Crippen molar-refractivity contribution in [2.45, 2.75) is 6.92 Å². The lowest BCUT2D eigenvalue weighted by molar-refractivity contribution is 1.25. The zero-order valence-corrected chi connectivity index (χ0v) is 10.6. The van der Waals surface area contributed by atoms with E-state index in [-0.39, 0.29) is 0 Å². The van der Waals surface area contributed by atoms with E-state index in [0.29, 0.717) is 0 Å². The van der Waals surface area contributed by atoms with Gasteiger partial charge in [0.05, 0.1) is 16.7 Å². The van der Waals surface area contributed by atoms with E-state index < -0.39 is 0 Å². The van der Waals surface area contributed by atoms with Gasteiger partial charge < -0.3 is 0 Å². The molecular weight excluding hydrogens is 232 g/mol. The van der Waals surface area contributed by atoms with Crippen molar-refractivity contribution in [3.8, 4) is 0 Å². The molecule has 0 saturated heterocycles. The molecule has 0 unspecified atom stereocenters. The van der Waals surface area contributed by atoms with Gasteiger partial charge in [-0.1, -0.05) is 42.5 Å². The van der Waals surface area contributed by atoms with Gasteiger partial charge in [-0.2, -0.15) is 0 Å². The number of aryl methyl sites for hydroxylation is 1. The molecule has 0 saturated carbocycles. The second-order valence-corrected chi connectivity index (χ2v) is 4.78. The molecule has 4 aromatic rings. The lowest BCUT2D eigenvalue weighted by atomic mass is 10.0. The highest BCUT2D eigenvalue weighted by Gasteiger charge is 2.09. The summed E-state index contributed by atoms with van der Waals surface area (Å²) >= 11 is 0. The lowest BCUT2D eigenvalue weighted by Gasteiger charge is -2.08. The van der Waals surface area contributed by atoms with Crippen LogP contribution in [0.2, 0.25) is 0 Å². The van der Waals surface area contributed by atoms with E-state index in [9.17, 15) is 0 Å². The topological polar surface area (TPSA) is 25.8 Å². The summed E-state index contributed by atoms with van der Waals surface area (Å²) in [5.74, 6) is 0. The van der Waals surface area contributed by atoms with Crippen LogP contribution in [0.25, 0.3) is 32.6 Å². The highest BCUT2D eigenvalue weighted by atomic mass is 14.8. The molecule has 2 heteroatoms. The number of aromatic nitrogens is 2. The number of fused-ring (bicyclic) bond motifs is 5. The first-order chi connectivity index (χ1) is 9.34. The molecule has 0 bridgehead atoms. The smallest absolute Gasteiger partial charge is 0.0927 e. The third-order valence-corrected chi connectivity index (χ3v) is 3.60. The van der Waals surface area contributed by atoms with Crippen molar-refractivity contribution in [3.63, 3.8) is 0 Å². The second-order valence-electron chi connectivity index (χ2n) is 4.78. The van der Waals surface area contributed by atoms with Crippen molar-refractivity contribution >= 4 is 32.6 Å². The molecule has 0 radical (unpaired) electrons.